The molecule has 0 bridgehead atoms. The zero-order valence-electron chi connectivity index (χ0n) is 13.2. The molecule has 0 radical (unpaired) electrons. The molecule has 0 aliphatic carbocycles. The van der Waals surface area contributed by atoms with Crippen LogP contribution in [0.5, 0.6) is 0 Å². The van der Waals surface area contributed by atoms with Crippen molar-refractivity contribution in [3.05, 3.63) is 41.7 Å². The lowest BCUT2D eigenvalue weighted by atomic mass is 10.1. The first-order chi connectivity index (χ1) is 11.2. The minimum absolute atomic E-state index is 0.114. The molecule has 2 aromatic heterocycles. The van der Waals surface area contributed by atoms with Gasteiger partial charge < -0.3 is 9.80 Å². The largest absolute Gasteiger partial charge is 0.309 e. The van der Waals surface area contributed by atoms with Crippen molar-refractivity contribution < 1.29 is 4.79 Å². The van der Waals surface area contributed by atoms with Gasteiger partial charge in [0.05, 0.1) is 17.3 Å². The van der Waals surface area contributed by atoms with E-state index in [1.165, 1.54) is 0 Å². The maximum absolute atomic E-state index is 12.9. The van der Waals surface area contributed by atoms with Gasteiger partial charge in [-0.25, -0.2) is 9.97 Å². The van der Waals surface area contributed by atoms with E-state index in [0.29, 0.717) is 30.8 Å². The van der Waals surface area contributed by atoms with Gasteiger partial charge in [-0.15, -0.1) is 0 Å². The molecule has 1 aliphatic rings. The molecule has 6 nitrogen and oxygen atoms in total. The molecule has 0 atom stereocenters. The summed E-state index contributed by atoms with van der Waals surface area (Å²) < 4.78 is 0. The van der Waals surface area contributed by atoms with Gasteiger partial charge in [0, 0.05) is 32.4 Å². The lowest BCUT2D eigenvalue weighted by Gasteiger charge is -2.22. The number of carbonyl (C=O) groups is 1. The predicted octanol–water partition coefficient (Wildman–Crippen LogP) is 2.68. The molecule has 0 aromatic carbocycles. The summed E-state index contributed by atoms with van der Waals surface area (Å²) in [6.07, 6.45) is 4.45. The van der Waals surface area contributed by atoms with Crippen LogP contribution in [0.15, 0.2) is 30.6 Å². The molecule has 6 heteroatoms. The van der Waals surface area contributed by atoms with E-state index in [4.69, 9.17) is 5.26 Å². The minimum Gasteiger partial charge on any atom is -0.309 e. The molecule has 0 saturated heterocycles. The van der Waals surface area contributed by atoms with Crippen LogP contribution in [0.3, 0.4) is 0 Å². The fourth-order valence-corrected chi connectivity index (χ4v) is 2.76. The maximum atomic E-state index is 12.9. The van der Waals surface area contributed by atoms with Gasteiger partial charge in [-0.2, -0.15) is 5.26 Å². The van der Waals surface area contributed by atoms with Crippen LogP contribution < -0.4 is 9.80 Å². The van der Waals surface area contributed by atoms with Crippen molar-refractivity contribution in [3.63, 3.8) is 0 Å². The van der Waals surface area contributed by atoms with Gasteiger partial charge in [-0.1, -0.05) is 0 Å². The van der Waals surface area contributed by atoms with Crippen LogP contribution in [0.25, 0.3) is 0 Å². The van der Waals surface area contributed by atoms with Gasteiger partial charge in [-0.3, -0.25) is 4.79 Å². The normalized spacial score (nSPS) is 13.2. The number of hydrogen-bond acceptors (Lipinski definition) is 5. The number of hydrogen-bond donors (Lipinski definition) is 0. The second-order valence-corrected chi connectivity index (χ2v) is 5.33. The summed E-state index contributed by atoms with van der Waals surface area (Å²) in [6.45, 7) is 2.66. The van der Waals surface area contributed by atoms with E-state index in [9.17, 15) is 4.79 Å². The summed E-state index contributed by atoms with van der Waals surface area (Å²) in [5, 5.41) is 8.74. The van der Waals surface area contributed by atoms with Crippen molar-refractivity contribution in [2.75, 3.05) is 23.4 Å². The third-order valence-corrected chi connectivity index (χ3v) is 3.94. The Morgan fingerprint density at radius 2 is 2.13 bits per heavy atom. The highest BCUT2D eigenvalue weighted by molar-refractivity contribution is 6.12. The van der Waals surface area contributed by atoms with Crippen molar-refractivity contribution in [2.45, 2.75) is 19.8 Å². The second-order valence-electron chi connectivity index (χ2n) is 5.33. The Labute approximate surface area is 135 Å². The lowest BCUT2D eigenvalue weighted by molar-refractivity contribution is 0.0994. The highest BCUT2D eigenvalue weighted by Gasteiger charge is 2.30. The Morgan fingerprint density at radius 1 is 1.30 bits per heavy atom. The molecule has 0 spiro atoms. The molecule has 2 aromatic rings. The summed E-state index contributed by atoms with van der Waals surface area (Å²) in [4.78, 5) is 25.3. The summed E-state index contributed by atoms with van der Waals surface area (Å²) >= 11 is 0. The molecule has 116 valence electrons. The Morgan fingerprint density at radius 3 is 2.87 bits per heavy atom. The summed E-state index contributed by atoms with van der Waals surface area (Å²) in [7, 11) is 1.74. The number of nitriles is 1. The average molecular weight is 307 g/mol. The zero-order valence-corrected chi connectivity index (χ0v) is 13.2. The van der Waals surface area contributed by atoms with Crippen molar-refractivity contribution in [3.8, 4) is 6.07 Å². The molecule has 3 heterocycles. The van der Waals surface area contributed by atoms with Crippen LogP contribution >= 0.6 is 0 Å². The highest BCUT2D eigenvalue weighted by atomic mass is 16.2. The van der Waals surface area contributed by atoms with Crippen LogP contribution in [-0.2, 0) is 6.42 Å². The Kier molecular flexibility index (Phi) is 3.94. The van der Waals surface area contributed by atoms with Gasteiger partial charge in [-0.05, 0) is 37.1 Å². The number of rotatable bonds is 3. The van der Waals surface area contributed by atoms with Gasteiger partial charge in [0.2, 0.25) is 0 Å². The molecule has 1 amide bonds. The Balaban J connectivity index is 2.16. The molecular weight excluding hydrogens is 290 g/mol. The van der Waals surface area contributed by atoms with Crippen LogP contribution in [0, 0.1) is 11.3 Å². The molecule has 1 aliphatic heterocycles. The molecule has 0 fully saturated rings. The first-order valence-electron chi connectivity index (χ1n) is 7.53. The van der Waals surface area contributed by atoms with Crippen LogP contribution in [-0.4, -0.2) is 29.5 Å². The number of aryl methyl sites for hydroxylation is 1. The molecule has 0 saturated carbocycles. The number of aromatic nitrogens is 2. The predicted molar refractivity (Wildman–Crippen MR) is 87.8 cm³/mol. The lowest BCUT2D eigenvalue weighted by Crippen LogP contribution is -2.25. The van der Waals surface area contributed by atoms with Crippen LogP contribution in [0.2, 0.25) is 0 Å². The SMILES string of the molecule is CCN1c2ncc(CCC#N)cc2C(=O)N(C)c2cccnc21. The van der Waals surface area contributed by atoms with Gasteiger partial charge in [0.15, 0.2) is 5.82 Å². The summed E-state index contributed by atoms with van der Waals surface area (Å²) in [5.74, 6) is 1.22. The second kappa shape index (κ2) is 6.05. The van der Waals surface area contributed by atoms with Gasteiger partial charge in [0.25, 0.3) is 5.91 Å². The number of fused-ring (bicyclic) bond motifs is 2. The van der Waals surface area contributed by atoms with E-state index in [1.54, 1.807) is 24.3 Å². The third kappa shape index (κ3) is 2.50. The first-order valence-corrected chi connectivity index (χ1v) is 7.53. The molecule has 0 unspecified atom stereocenters. The van der Waals surface area contributed by atoms with E-state index in [1.807, 2.05) is 30.0 Å². The molecule has 0 N–H and O–H groups in total. The van der Waals surface area contributed by atoms with Crippen LogP contribution in [0.4, 0.5) is 17.3 Å². The Hall–Kier alpha value is -2.94. The number of amides is 1. The number of pyridine rings is 2. The van der Waals surface area contributed by atoms with Gasteiger partial charge in [0.1, 0.15) is 5.82 Å². The van der Waals surface area contributed by atoms with Crippen LogP contribution in [0.1, 0.15) is 29.3 Å². The highest BCUT2D eigenvalue weighted by Crippen LogP contribution is 2.37. The van der Waals surface area contributed by atoms with E-state index in [0.717, 1.165) is 17.1 Å². The summed E-state index contributed by atoms with van der Waals surface area (Å²) in [5.41, 5.74) is 2.20. The Bertz CT molecular complexity index is 796. The summed E-state index contributed by atoms with van der Waals surface area (Å²) in [6, 6.07) is 7.66. The number of nitrogens with zero attached hydrogens (tertiary/aromatic N) is 5. The fourth-order valence-electron chi connectivity index (χ4n) is 2.76. The number of carbonyl (C=O) groups excluding carboxylic acids is 1. The van der Waals surface area contributed by atoms with Crippen molar-refractivity contribution in [1.82, 2.24) is 9.97 Å². The maximum Gasteiger partial charge on any atom is 0.261 e. The molecular formula is C17H17N5O. The quantitative estimate of drug-likeness (QED) is 0.871. The monoisotopic (exact) mass is 307 g/mol. The van der Waals surface area contributed by atoms with Crippen molar-refractivity contribution >= 4 is 23.2 Å². The third-order valence-electron chi connectivity index (χ3n) is 3.94. The average Bonchev–Trinajstić information content (AvgIpc) is 2.68. The molecule has 3 rings (SSSR count). The topological polar surface area (TPSA) is 73.1 Å². The van der Waals surface area contributed by atoms with E-state index < -0.39 is 0 Å². The first kappa shape index (κ1) is 15.0. The molecule has 23 heavy (non-hydrogen) atoms. The smallest absolute Gasteiger partial charge is 0.261 e. The van der Waals surface area contributed by atoms with Crippen molar-refractivity contribution in [2.24, 2.45) is 0 Å². The van der Waals surface area contributed by atoms with E-state index in [-0.39, 0.29) is 5.91 Å². The zero-order chi connectivity index (χ0) is 16.4. The van der Waals surface area contributed by atoms with E-state index >= 15 is 0 Å². The van der Waals surface area contributed by atoms with Gasteiger partial charge >= 0.3 is 0 Å². The standard InChI is InChI=1S/C17H17N5O/c1-3-22-15-13(10-12(11-20-15)6-4-8-18)17(23)21(2)14-7-5-9-19-16(14)22/h5,7,9-11H,3-4,6H2,1-2H3. The minimum atomic E-state index is -0.114. The van der Waals surface area contributed by atoms with Crippen molar-refractivity contribution in [1.29, 1.82) is 5.26 Å². The van der Waals surface area contributed by atoms with E-state index in [2.05, 4.69) is 16.0 Å². The fraction of sp³-hybridized carbons (Fsp3) is 0.294. The number of anilines is 3.